The van der Waals surface area contributed by atoms with E-state index in [1.165, 1.54) is 0 Å². The lowest BCUT2D eigenvalue weighted by molar-refractivity contribution is 0.0687. The van der Waals surface area contributed by atoms with Crippen molar-refractivity contribution in [1.82, 2.24) is 5.32 Å². The second-order valence-corrected chi connectivity index (χ2v) is 4.91. The van der Waals surface area contributed by atoms with Crippen molar-refractivity contribution in [2.24, 2.45) is 0 Å². The molecule has 1 aromatic rings. The second kappa shape index (κ2) is 9.55. The van der Waals surface area contributed by atoms with Gasteiger partial charge in [0, 0.05) is 13.7 Å². The monoisotopic (exact) mass is 319 g/mol. The normalized spacial score (nSPS) is 12.8. The van der Waals surface area contributed by atoms with Crippen LogP contribution in [0, 0.1) is 0 Å². The quantitative estimate of drug-likeness (QED) is 0.673. The molecule has 0 aromatic carbocycles. The first kappa shape index (κ1) is 15.7. The highest BCUT2D eigenvalue weighted by molar-refractivity contribution is 9.10. The number of rotatable bonds is 10. The summed E-state index contributed by atoms with van der Waals surface area (Å²) in [5.41, 5.74) is 0. The van der Waals surface area contributed by atoms with Crippen LogP contribution in [0.2, 0.25) is 0 Å². The van der Waals surface area contributed by atoms with E-state index in [9.17, 15) is 0 Å². The first-order valence-corrected chi connectivity index (χ1v) is 7.08. The highest BCUT2D eigenvalue weighted by Crippen LogP contribution is 2.19. The van der Waals surface area contributed by atoms with Gasteiger partial charge in [-0.25, -0.2) is 0 Å². The fourth-order valence-electron chi connectivity index (χ4n) is 1.55. The maximum atomic E-state index is 5.48. The smallest absolute Gasteiger partial charge is 0.169 e. The van der Waals surface area contributed by atoms with Gasteiger partial charge in [-0.1, -0.05) is 0 Å². The van der Waals surface area contributed by atoms with E-state index in [2.05, 4.69) is 28.2 Å². The van der Waals surface area contributed by atoms with Crippen LogP contribution in [-0.4, -0.2) is 33.5 Å². The summed E-state index contributed by atoms with van der Waals surface area (Å²) in [6.07, 6.45) is 2.16. The Labute approximate surface area is 117 Å². The molecule has 1 N–H and O–H groups in total. The van der Waals surface area contributed by atoms with Crippen LogP contribution in [-0.2, 0) is 9.47 Å². The summed E-state index contributed by atoms with van der Waals surface area (Å²) in [7, 11) is 1.68. The van der Waals surface area contributed by atoms with Crippen molar-refractivity contribution in [2.75, 3.05) is 33.5 Å². The Bertz CT molecular complexity index is 317. The molecule has 5 heteroatoms. The third-order valence-corrected chi connectivity index (χ3v) is 3.04. The summed E-state index contributed by atoms with van der Waals surface area (Å²) in [5.74, 6) is 0.957. The van der Waals surface area contributed by atoms with Crippen molar-refractivity contribution in [3.8, 4) is 0 Å². The average Bonchev–Trinajstić information content (AvgIpc) is 2.79. The summed E-state index contributed by atoms with van der Waals surface area (Å²) < 4.78 is 16.6. The first-order valence-electron chi connectivity index (χ1n) is 6.29. The second-order valence-electron chi connectivity index (χ2n) is 4.13. The van der Waals surface area contributed by atoms with E-state index in [-0.39, 0.29) is 6.04 Å². The Hall–Kier alpha value is -0.360. The standard InChI is InChI=1S/C13H22BrNO3/c1-11(12-5-6-13(14)18-12)15-7-3-4-8-17-10-9-16-2/h5-6,11,15H,3-4,7-10H2,1-2H3. The molecule has 18 heavy (non-hydrogen) atoms. The van der Waals surface area contributed by atoms with Crippen molar-refractivity contribution in [1.29, 1.82) is 0 Å². The molecule has 104 valence electrons. The molecule has 0 spiro atoms. The average molecular weight is 320 g/mol. The van der Waals surface area contributed by atoms with Crippen molar-refractivity contribution < 1.29 is 13.9 Å². The molecule has 0 aliphatic rings. The summed E-state index contributed by atoms with van der Waals surface area (Å²) >= 11 is 3.30. The third kappa shape index (κ3) is 6.54. The highest BCUT2D eigenvalue weighted by Gasteiger charge is 2.08. The van der Waals surface area contributed by atoms with Crippen LogP contribution < -0.4 is 5.32 Å². The summed E-state index contributed by atoms with van der Waals surface area (Å²) in [5, 5.41) is 3.42. The van der Waals surface area contributed by atoms with E-state index < -0.39 is 0 Å². The Morgan fingerprint density at radius 3 is 2.78 bits per heavy atom. The lowest BCUT2D eigenvalue weighted by Crippen LogP contribution is -2.19. The number of hydrogen-bond acceptors (Lipinski definition) is 4. The van der Waals surface area contributed by atoms with E-state index in [0.29, 0.717) is 13.2 Å². The molecule has 0 bridgehead atoms. The topological polar surface area (TPSA) is 43.6 Å². The van der Waals surface area contributed by atoms with Crippen LogP contribution >= 0.6 is 15.9 Å². The highest BCUT2D eigenvalue weighted by atomic mass is 79.9. The van der Waals surface area contributed by atoms with E-state index in [4.69, 9.17) is 13.9 Å². The number of methoxy groups -OCH3 is 1. The van der Waals surface area contributed by atoms with Gasteiger partial charge in [-0.05, 0) is 54.4 Å². The largest absolute Gasteiger partial charge is 0.453 e. The lowest BCUT2D eigenvalue weighted by atomic mass is 10.2. The minimum atomic E-state index is 0.241. The predicted octanol–water partition coefficient (Wildman–Crippen LogP) is 3.14. The van der Waals surface area contributed by atoms with Crippen LogP contribution in [0.3, 0.4) is 0 Å². The SMILES string of the molecule is COCCOCCCCNC(C)c1ccc(Br)o1. The Kier molecular flexibility index (Phi) is 8.33. The molecule has 0 saturated heterocycles. The van der Waals surface area contributed by atoms with Gasteiger partial charge >= 0.3 is 0 Å². The van der Waals surface area contributed by atoms with Crippen molar-refractivity contribution in [3.05, 3.63) is 22.6 Å². The van der Waals surface area contributed by atoms with Gasteiger partial charge in [0.2, 0.25) is 0 Å². The van der Waals surface area contributed by atoms with Crippen LogP contribution in [0.5, 0.6) is 0 Å². The van der Waals surface area contributed by atoms with E-state index in [1.54, 1.807) is 7.11 Å². The number of nitrogens with one attached hydrogen (secondary N) is 1. The van der Waals surface area contributed by atoms with Gasteiger partial charge in [0.15, 0.2) is 4.67 Å². The van der Waals surface area contributed by atoms with Gasteiger partial charge in [0.05, 0.1) is 19.3 Å². The molecule has 1 aromatic heterocycles. The van der Waals surface area contributed by atoms with Crippen LogP contribution in [0.15, 0.2) is 21.2 Å². The summed E-state index contributed by atoms with van der Waals surface area (Å²) in [6.45, 7) is 5.21. The third-order valence-electron chi connectivity index (χ3n) is 2.62. The molecule has 0 amide bonds. The predicted molar refractivity (Wildman–Crippen MR) is 74.8 cm³/mol. The Balaban J connectivity index is 1.97. The number of halogens is 1. The molecule has 1 unspecified atom stereocenters. The fraction of sp³-hybridized carbons (Fsp3) is 0.692. The summed E-state index contributed by atoms with van der Waals surface area (Å²) in [6, 6.07) is 4.14. The first-order chi connectivity index (χ1) is 8.74. The fourth-order valence-corrected chi connectivity index (χ4v) is 1.87. The van der Waals surface area contributed by atoms with E-state index in [1.807, 2.05) is 12.1 Å². The zero-order valence-electron chi connectivity index (χ0n) is 11.1. The van der Waals surface area contributed by atoms with Gasteiger partial charge in [-0.2, -0.15) is 0 Å². The maximum absolute atomic E-state index is 5.48. The molecule has 0 radical (unpaired) electrons. The Morgan fingerprint density at radius 2 is 2.11 bits per heavy atom. The molecule has 0 saturated carbocycles. The number of ether oxygens (including phenoxy) is 2. The number of hydrogen-bond donors (Lipinski definition) is 1. The molecule has 0 aliphatic carbocycles. The molecular weight excluding hydrogens is 298 g/mol. The van der Waals surface area contributed by atoms with Crippen molar-refractivity contribution in [2.45, 2.75) is 25.8 Å². The van der Waals surface area contributed by atoms with Crippen molar-refractivity contribution >= 4 is 15.9 Å². The maximum Gasteiger partial charge on any atom is 0.169 e. The van der Waals surface area contributed by atoms with Crippen molar-refractivity contribution in [3.63, 3.8) is 0 Å². The minimum absolute atomic E-state index is 0.241. The molecule has 1 heterocycles. The molecule has 1 atom stereocenters. The molecule has 1 rings (SSSR count). The van der Waals surface area contributed by atoms with Gasteiger partial charge in [0.1, 0.15) is 5.76 Å². The molecule has 0 aliphatic heterocycles. The zero-order chi connectivity index (χ0) is 13.2. The van der Waals surface area contributed by atoms with Crippen LogP contribution in [0.4, 0.5) is 0 Å². The molecule has 4 nitrogen and oxygen atoms in total. The number of unbranched alkanes of at least 4 members (excludes halogenated alkanes) is 1. The zero-order valence-corrected chi connectivity index (χ0v) is 12.7. The number of furan rings is 1. The van der Waals surface area contributed by atoms with Gasteiger partial charge in [-0.15, -0.1) is 0 Å². The van der Waals surface area contributed by atoms with Crippen LogP contribution in [0.25, 0.3) is 0 Å². The van der Waals surface area contributed by atoms with E-state index in [0.717, 1.165) is 36.4 Å². The minimum Gasteiger partial charge on any atom is -0.453 e. The van der Waals surface area contributed by atoms with E-state index >= 15 is 0 Å². The molecule has 0 fully saturated rings. The Morgan fingerprint density at radius 1 is 1.28 bits per heavy atom. The lowest BCUT2D eigenvalue weighted by Gasteiger charge is -2.11. The van der Waals surface area contributed by atoms with Crippen LogP contribution in [0.1, 0.15) is 31.6 Å². The van der Waals surface area contributed by atoms with Gasteiger partial charge < -0.3 is 19.2 Å². The van der Waals surface area contributed by atoms with Gasteiger partial charge in [0.25, 0.3) is 0 Å². The van der Waals surface area contributed by atoms with Gasteiger partial charge in [-0.3, -0.25) is 0 Å². The summed E-state index contributed by atoms with van der Waals surface area (Å²) in [4.78, 5) is 0. The molecular formula is C13H22BrNO3.